The van der Waals surface area contributed by atoms with E-state index in [0.29, 0.717) is 0 Å². The van der Waals surface area contributed by atoms with E-state index in [-0.39, 0.29) is 6.10 Å². The molecule has 1 aliphatic rings. The van der Waals surface area contributed by atoms with E-state index in [1.54, 1.807) is 0 Å². The molecule has 1 unspecified atom stereocenters. The van der Waals surface area contributed by atoms with Crippen LogP contribution in [0.2, 0.25) is 0 Å². The van der Waals surface area contributed by atoms with Crippen LogP contribution in [0.1, 0.15) is 50.7 Å². The van der Waals surface area contributed by atoms with Gasteiger partial charge in [0.15, 0.2) is 5.96 Å². The van der Waals surface area contributed by atoms with Gasteiger partial charge in [0.25, 0.3) is 0 Å². The van der Waals surface area contributed by atoms with Gasteiger partial charge in [-0.1, -0.05) is 30.3 Å². The van der Waals surface area contributed by atoms with Crippen molar-refractivity contribution < 1.29 is 4.74 Å². The summed E-state index contributed by atoms with van der Waals surface area (Å²) in [5.41, 5.74) is 1.23. The topological polar surface area (TPSA) is 48.9 Å². The Labute approximate surface area is 159 Å². The maximum Gasteiger partial charge on any atom is 0.190 e. The summed E-state index contributed by atoms with van der Waals surface area (Å²) >= 11 is 0. The first-order valence-electron chi connectivity index (χ1n) is 10.1. The highest BCUT2D eigenvalue weighted by Gasteiger charge is 2.10. The van der Waals surface area contributed by atoms with Crippen molar-refractivity contribution in [1.29, 1.82) is 0 Å². The number of nitrogens with one attached hydrogen (secondary N) is 2. The van der Waals surface area contributed by atoms with E-state index in [1.165, 1.54) is 50.9 Å². The van der Waals surface area contributed by atoms with Crippen molar-refractivity contribution in [3.05, 3.63) is 35.9 Å². The van der Waals surface area contributed by atoms with Crippen LogP contribution in [0.3, 0.4) is 0 Å². The van der Waals surface area contributed by atoms with Crippen LogP contribution in [0.5, 0.6) is 0 Å². The Morgan fingerprint density at radius 2 is 1.77 bits per heavy atom. The number of aliphatic imine (C=N–C) groups is 1. The summed E-state index contributed by atoms with van der Waals surface area (Å²) in [4.78, 5) is 6.86. The average Bonchev–Trinajstić information content (AvgIpc) is 3.20. The standard InChI is InChI=1S/C21H36N4O/c1-19(20-11-4-3-5-12-20)26-18-10-14-24-21(22-2)23-13-6-7-15-25-16-8-9-17-25/h3-5,11-12,19H,6-10,13-18H2,1-2H3,(H2,22,23,24). The third kappa shape index (κ3) is 8.19. The molecule has 0 aliphatic carbocycles. The smallest absolute Gasteiger partial charge is 0.190 e. The summed E-state index contributed by atoms with van der Waals surface area (Å²) in [5.74, 6) is 0.891. The van der Waals surface area contributed by atoms with Crippen LogP contribution < -0.4 is 10.6 Å². The highest BCUT2D eigenvalue weighted by molar-refractivity contribution is 5.79. The molecule has 1 fully saturated rings. The first kappa shape index (κ1) is 20.7. The number of nitrogens with zero attached hydrogens (tertiary/aromatic N) is 2. The summed E-state index contributed by atoms with van der Waals surface area (Å²) in [6.45, 7) is 8.53. The third-order valence-electron chi connectivity index (χ3n) is 4.87. The fraction of sp³-hybridized carbons (Fsp3) is 0.667. The Balaban J connectivity index is 1.46. The Morgan fingerprint density at radius 3 is 2.46 bits per heavy atom. The zero-order chi connectivity index (χ0) is 18.5. The van der Waals surface area contributed by atoms with Gasteiger partial charge in [0.2, 0.25) is 0 Å². The van der Waals surface area contributed by atoms with E-state index in [4.69, 9.17) is 4.74 Å². The Kier molecular flexibility index (Phi) is 10.1. The average molecular weight is 361 g/mol. The fourth-order valence-corrected chi connectivity index (χ4v) is 3.25. The third-order valence-corrected chi connectivity index (χ3v) is 4.87. The molecule has 1 aromatic carbocycles. The van der Waals surface area contributed by atoms with Gasteiger partial charge in [0.05, 0.1) is 6.10 Å². The number of likely N-dealkylation sites (tertiary alicyclic amines) is 1. The van der Waals surface area contributed by atoms with Crippen LogP contribution in [-0.4, -0.2) is 57.2 Å². The fourth-order valence-electron chi connectivity index (χ4n) is 3.25. The summed E-state index contributed by atoms with van der Waals surface area (Å²) in [6.07, 6.45) is 6.31. The van der Waals surface area contributed by atoms with Crippen LogP contribution in [0.15, 0.2) is 35.3 Å². The highest BCUT2D eigenvalue weighted by Crippen LogP contribution is 2.15. The van der Waals surface area contributed by atoms with Gasteiger partial charge in [0.1, 0.15) is 0 Å². The second kappa shape index (κ2) is 12.7. The zero-order valence-electron chi connectivity index (χ0n) is 16.5. The lowest BCUT2D eigenvalue weighted by molar-refractivity contribution is 0.0646. The van der Waals surface area contributed by atoms with Gasteiger partial charge in [-0.25, -0.2) is 0 Å². The molecule has 5 heteroatoms. The first-order chi connectivity index (χ1) is 12.8. The van der Waals surface area contributed by atoms with Gasteiger partial charge in [-0.2, -0.15) is 0 Å². The maximum absolute atomic E-state index is 5.90. The van der Waals surface area contributed by atoms with Crippen molar-refractivity contribution in [2.24, 2.45) is 4.99 Å². The lowest BCUT2D eigenvalue weighted by atomic mass is 10.1. The first-order valence-corrected chi connectivity index (χ1v) is 10.1. The molecule has 0 spiro atoms. The molecule has 1 aromatic rings. The molecule has 1 aliphatic heterocycles. The number of guanidine groups is 1. The van der Waals surface area contributed by atoms with Crippen LogP contribution in [0.25, 0.3) is 0 Å². The molecular weight excluding hydrogens is 324 g/mol. The molecule has 0 aromatic heterocycles. The molecule has 0 saturated carbocycles. The lowest BCUT2D eigenvalue weighted by Crippen LogP contribution is -2.38. The number of ether oxygens (including phenoxy) is 1. The molecule has 1 saturated heterocycles. The molecule has 1 heterocycles. The van der Waals surface area contributed by atoms with Crippen molar-refractivity contribution in [1.82, 2.24) is 15.5 Å². The second-order valence-corrected chi connectivity index (χ2v) is 6.96. The van der Waals surface area contributed by atoms with Gasteiger partial charge in [-0.05, 0) is 64.2 Å². The molecule has 146 valence electrons. The number of unbranched alkanes of at least 4 members (excludes halogenated alkanes) is 1. The normalized spacial score (nSPS) is 16.6. The largest absolute Gasteiger partial charge is 0.374 e. The minimum Gasteiger partial charge on any atom is -0.374 e. The van der Waals surface area contributed by atoms with Crippen molar-refractivity contribution >= 4 is 5.96 Å². The SMILES string of the molecule is CN=C(NCCCCN1CCCC1)NCCCOC(C)c1ccccc1. The van der Waals surface area contributed by atoms with Crippen molar-refractivity contribution in [3.8, 4) is 0 Å². The number of hydrogen-bond donors (Lipinski definition) is 2. The molecule has 0 amide bonds. The van der Waals surface area contributed by atoms with Crippen molar-refractivity contribution in [3.63, 3.8) is 0 Å². The van der Waals surface area contributed by atoms with Crippen molar-refractivity contribution in [2.45, 2.75) is 45.1 Å². The van der Waals surface area contributed by atoms with Crippen molar-refractivity contribution in [2.75, 3.05) is 46.4 Å². The quantitative estimate of drug-likeness (QED) is 0.361. The molecule has 5 nitrogen and oxygen atoms in total. The number of rotatable bonds is 11. The van der Waals surface area contributed by atoms with Crippen LogP contribution in [0, 0.1) is 0 Å². The number of benzene rings is 1. The molecule has 2 N–H and O–H groups in total. The zero-order valence-corrected chi connectivity index (χ0v) is 16.5. The molecule has 26 heavy (non-hydrogen) atoms. The molecule has 2 rings (SSSR count). The number of hydrogen-bond acceptors (Lipinski definition) is 3. The summed E-state index contributed by atoms with van der Waals surface area (Å²) in [5, 5.41) is 6.76. The van der Waals surface area contributed by atoms with Crippen LogP contribution in [0.4, 0.5) is 0 Å². The minimum absolute atomic E-state index is 0.143. The molecule has 1 atom stereocenters. The maximum atomic E-state index is 5.90. The molecule has 0 radical (unpaired) electrons. The minimum atomic E-state index is 0.143. The van der Waals surface area contributed by atoms with E-state index in [1.807, 2.05) is 13.1 Å². The highest BCUT2D eigenvalue weighted by atomic mass is 16.5. The van der Waals surface area contributed by atoms with Gasteiger partial charge in [-0.3, -0.25) is 4.99 Å². The monoisotopic (exact) mass is 360 g/mol. The van der Waals surface area contributed by atoms with E-state index in [0.717, 1.165) is 32.1 Å². The summed E-state index contributed by atoms with van der Waals surface area (Å²) in [6, 6.07) is 10.4. The summed E-state index contributed by atoms with van der Waals surface area (Å²) < 4.78 is 5.90. The second-order valence-electron chi connectivity index (χ2n) is 6.96. The Hall–Kier alpha value is -1.59. The lowest BCUT2D eigenvalue weighted by Gasteiger charge is -2.16. The summed E-state index contributed by atoms with van der Waals surface area (Å²) in [7, 11) is 1.83. The van der Waals surface area contributed by atoms with Gasteiger partial charge in [0, 0.05) is 26.7 Å². The Bertz CT molecular complexity index is 500. The molecule has 0 bridgehead atoms. The van der Waals surface area contributed by atoms with Crippen LogP contribution >= 0.6 is 0 Å². The molecular formula is C21H36N4O. The van der Waals surface area contributed by atoms with E-state index >= 15 is 0 Å². The Morgan fingerprint density at radius 1 is 1.08 bits per heavy atom. The van der Waals surface area contributed by atoms with E-state index < -0.39 is 0 Å². The van der Waals surface area contributed by atoms with Gasteiger partial charge < -0.3 is 20.3 Å². The van der Waals surface area contributed by atoms with Crippen LogP contribution in [-0.2, 0) is 4.74 Å². The predicted molar refractivity (Wildman–Crippen MR) is 110 cm³/mol. The van der Waals surface area contributed by atoms with E-state index in [9.17, 15) is 0 Å². The van der Waals surface area contributed by atoms with Gasteiger partial charge in [-0.15, -0.1) is 0 Å². The van der Waals surface area contributed by atoms with Gasteiger partial charge >= 0.3 is 0 Å². The van der Waals surface area contributed by atoms with E-state index in [2.05, 4.69) is 51.7 Å². The predicted octanol–water partition coefficient (Wildman–Crippen LogP) is 3.20.